The Morgan fingerprint density at radius 1 is 1.29 bits per heavy atom. The van der Waals surface area contributed by atoms with Crippen LogP contribution in [0, 0.1) is 13.8 Å². The Hall–Kier alpha value is -1.11. The van der Waals surface area contributed by atoms with E-state index in [1.807, 2.05) is 6.92 Å². The summed E-state index contributed by atoms with van der Waals surface area (Å²) in [6, 6.07) is 3.19. The van der Waals surface area contributed by atoms with E-state index in [2.05, 4.69) is 4.72 Å². The van der Waals surface area contributed by atoms with E-state index >= 15 is 0 Å². The monoisotopic (exact) mass is 258 g/mol. The normalized spacial score (nSPS) is 11.5. The second kappa shape index (κ2) is 5.48. The lowest BCUT2D eigenvalue weighted by Crippen LogP contribution is -2.29. The Balaban J connectivity index is 3.20. The zero-order valence-corrected chi connectivity index (χ0v) is 11.1. The van der Waals surface area contributed by atoms with Gasteiger partial charge in [-0.25, -0.2) is 13.1 Å². The van der Waals surface area contributed by atoms with Crippen molar-refractivity contribution in [3.8, 4) is 5.75 Å². The second-order valence-corrected chi connectivity index (χ2v) is 5.44. The zero-order chi connectivity index (χ0) is 13.1. The maximum atomic E-state index is 12.0. The van der Waals surface area contributed by atoms with Crippen molar-refractivity contribution >= 4 is 10.0 Å². The molecule has 0 fully saturated rings. The van der Waals surface area contributed by atoms with Crippen molar-refractivity contribution in [3.05, 3.63) is 23.3 Å². The minimum atomic E-state index is -3.49. The van der Waals surface area contributed by atoms with Gasteiger partial charge in [-0.3, -0.25) is 0 Å². The minimum Gasteiger partial charge on any atom is -0.496 e. The maximum absolute atomic E-state index is 12.0. The van der Waals surface area contributed by atoms with Crippen LogP contribution in [-0.4, -0.2) is 28.6 Å². The van der Waals surface area contributed by atoms with Gasteiger partial charge in [-0.05, 0) is 37.1 Å². The first-order valence-electron chi connectivity index (χ1n) is 5.28. The Morgan fingerprint density at radius 3 is 2.47 bits per heavy atom. The number of hydrogen-bond donors (Lipinski definition) is 2. The van der Waals surface area contributed by atoms with E-state index in [0.29, 0.717) is 11.3 Å². The molecule has 0 aliphatic rings. The molecule has 1 aromatic carbocycles. The second-order valence-electron chi connectivity index (χ2n) is 3.70. The lowest BCUT2D eigenvalue weighted by Gasteiger charge is -2.13. The van der Waals surface area contributed by atoms with Crippen molar-refractivity contribution in [2.24, 2.45) is 5.73 Å². The summed E-state index contributed by atoms with van der Waals surface area (Å²) >= 11 is 0. The van der Waals surface area contributed by atoms with Gasteiger partial charge in [-0.15, -0.1) is 0 Å². The fourth-order valence-electron chi connectivity index (χ4n) is 1.55. The molecule has 1 rings (SSSR count). The molecule has 3 N–H and O–H groups in total. The molecule has 0 aliphatic heterocycles. The van der Waals surface area contributed by atoms with Gasteiger partial charge in [0, 0.05) is 13.1 Å². The van der Waals surface area contributed by atoms with Crippen LogP contribution in [0.2, 0.25) is 0 Å². The Labute approximate surface area is 102 Å². The van der Waals surface area contributed by atoms with E-state index < -0.39 is 10.0 Å². The van der Waals surface area contributed by atoms with Crippen LogP contribution < -0.4 is 15.2 Å². The molecule has 0 amide bonds. The molecule has 96 valence electrons. The quantitative estimate of drug-likeness (QED) is 0.808. The number of ether oxygens (including phenoxy) is 1. The first kappa shape index (κ1) is 14.0. The summed E-state index contributed by atoms with van der Waals surface area (Å²) in [6.45, 7) is 4.09. The molecule has 17 heavy (non-hydrogen) atoms. The highest BCUT2D eigenvalue weighted by molar-refractivity contribution is 7.89. The number of benzene rings is 1. The lowest BCUT2D eigenvalue weighted by atomic mass is 10.1. The molecule has 0 saturated carbocycles. The smallest absolute Gasteiger partial charge is 0.240 e. The summed E-state index contributed by atoms with van der Waals surface area (Å²) in [7, 11) is -1.93. The number of hydrogen-bond acceptors (Lipinski definition) is 4. The predicted molar refractivity (Wildman–Crippen MR) is 66.7 cm³/mol. The lowest BCUT2D eigenvalue weighted by molar-refractivity contribution is 0.410. The van der Waals surface area contributed by atoms with Gasteiger partial charge in [-0.2, -0.15) is 0 Å². The molecular formula is C11H18N2O3S. The van der Waals surface area contributed by atoms with Gasteiger partial charge in [0.15, 0.2) is 0 Å². The largest absolute Gasteiger partial charge is 0.496 e. The fraction of sp³-hybridized carbons (Fsp3) is 0.455. The van der Waals surface area contributed by atoms with Gasteiger partial charge in [0.2, 0.25) is 10.0 Å². The molecule has 0 bridgehead atoms. The van der Waals surface area contributed by atoms with E-state index in [0.717, 1.165) is 5.56 Å². The summed E-state index contributed by atoms with van der Waals surface area (Å²) in [5, 5.41) is 0. The minimum absolute atomic E-state index is 0.229. The zero-order valence-electron chi connectivity index (χ0n) is 10.3. The fourth-order valence-corrected chi connectivity index (χ4v) is 2.90. The van der Waals surface area contributed by atoms with Crippen LogP contribution in [0.3, 0.4) is 0 Å². The molecule has 0 spiro atoms. The van der Waals surface area contributed by atoms with Crippen molar-refractivity contribution in [3.63, 3.8) is 0 Å². The molecule has 5 nitrogen and oxygen atoms in total. The topological polar surface area (TPSA) is 81.4 Å². The summed E-state index contributed by atoms with van der Waals surface area (Å²) in [5.41, 5.74) is 6.79. The molecule has 0 unspecified atom stereocenters. The van der Waals surface area contributed by atoms with Crippen molar-refractivity contribution in [2.45, 2.75) is 18.7 Å². The third-order valence-electron chi connectivity index (χ3n) is 2.63. The van der Waals surface area contributed by atoms with Gasteiger partial charge in [0.05, 0.1) is 12.0 Å². The van der Waals surface area contributed by atoms with Crippen LogP contribution in [0.5, 0.6) is 5.75 Å². The molecule has 0 radical (unpaired) electrons. The number of sulfonamides is 1. The van der Waals surface area contributed by atoms with E-state index in [9.17, 15) is 8.42 Å². The Morgan fingerprint density at radius 2 is 1.94 bits per heavy atom. The third kappa shape index (κ3) is 2.96. The summed E-state index contributed by atoms with van der Waals surface area (Å²) in [5.74, 6) is 0.681. The van der Waals surface area contributed by atoms with Gasteiger partial charge in [0.25, 0.3) is 0 Å². The summed E-state index contributed by atoms with van der Waals surface area (Å²) in [6.07, 6.45) is 0. The standard InChI is InChI=1S/C11H18N2O3S/c1-8-9(2)11(5-4-10(8)16-3)17(14,15)13-7-6-12/h4-5,13H,6-7,12H2,1-3H3. The molecule has 6 heteroatoms. The average Bonchev–Trinajstić information content (AvgIpc) is 2.29. The Kier molecular flexibility index (Phi) is 4.50. The predicted octanol–water partition coefficient (Wildman–Crippen LogP) is 0.549. The van der Waals surface area contributed by atoms with Crippen LogP contribution in [-0.2, 0) is 10.0 Å². The van der Waals surface area contributed by atoms with E-state index in [-0.39, 0.29) is 18.0 Å². The summed E-state index contributed by atoms with van der Waals surface area (Å²) < 4.78 is 31.5. The van der Waals surface area contributed by atoms with Crippen LogP contribution >= 0.6 is 0 Å². The van der Waals surface area contributed by atoms with Crippen LogP contribution in [0.1, 0.15) is 11.1 Å². The highest BCUT2D eigenvalue weighted by Gasteiger charge is 2.18. The number of nitrogens with two attached hydrogens (primary N) is 1. The average molecular weight is 258 g/mol. The van der Waals surface area contributed by atoms with Crippen molar-refractivity contribution in [1.29, 1.82) is 0 Å². The van der Waals surface area contributed by atoms with Crippen LogP contribution in [0.15, 0.2) is 17.0 Å². The first-order chi connectivity index (χ1) is 7.94. The van der Waals surface area contributed by atoms with Crippen LogP contribution in [0.25, 0.3) is 0 Å². The first-order valence-corrected chi connectivity index (χ1v) is 6.76. The molecule has 1 aromatic rings. The van der Waals surface area contributed by atoms with Crippen molar-refractivity contribution in [1.82, 2.24) is 4.72 Å². The van der Waals surface area contributed by atoms with E-state index in [1.165, 1.54) is 0 Å². The maximum Gasteiger partial charge on any atom is 0.240 e. The van der Waals surface area contributed by atoms with E-state index in [1.54, 1.807) is 26.2 Å². The molecule has 0 heterocycles. The summed E-state index contributed by atoms with van der Waals surface area (Å²) in [4.78, 5) is 0.268. The third-order valence-corrected chi connectivity index (χ3v) is 4.24. The van der Waals surface area contributed by atoms with Gasteiger partial charge >= 0.3 is 0 Å². The SMILES string of the molecule is COc1ccc(S(=O)(=O)NCCN)c(C)c1C. The van der Waals surface area contributed by atoms with Crippen molar-refractivity contribution in [2.75, 3.05) is 20.2 Å². The number of rotatable bonds is 5. The van der Waals surface area contributed by atoms with E-state index in [4.69, 9.17) is 10.5 Å². The van der Waals surface area contributed by atoms with Crippen molar-refractivity contribution < 1.29 is 13.2 Å². The van der Waals surface area contributed by atoms with Gasteiger partial charge in [-0.1, -0.05) is 0 Å². The Bertz CT molecular complexity index is 498. The molecule has 0 saturated heterocycles. The highest BCUT2D eigenvalue weighted by Crippen LogP contribution is 2.26. The molecular weight excluding hydrogens is 240 g/mol. The van der Waals surface area contributed by atoms with Crippen LogP contribution in [0.4, 0.5) is 0 Å². The van der Waals surface area contributed by atoms with Gasteiger partial charge in [0.1, 0.15) is 5.75 Å². The molecule has 0 aromatic heterocycles. The molecule has 0 atom stereocenters. The highest BCUT2D eigenvalue weighted by atomic mass is 32.2. The molecule has 0 aliphatic carbocycles. The number of methoxy groups -OCH3 is 1. The number of nitrogens with one attached hydrogen (secondary N) is 1. The van der Waals surface area contributed by atoms with Gasteiger partial charge < -0.3 is 10.5 Å².